The number of halogens is 1. The number of benzene rings is 2. The second kappa shape index (κ2) is 7.14. The zero-order valence-corrected chi connectivity index (χ0v) is 13.4. The van der Waals surface area contributed by atoms with Crippen LogP contribution in [0.3, 0.4) is 0 Å². The highest BCUT2D eigenvalue weighted by Gasteiger charge is 2.33. The molecule has 23 heavy (non-hydrogen) atoms. The largest absolute Gasteiger partial charge is 0.505 e. The van der Waals surface area contributed by atoms with E-state index in [-0.39, 0.29) is 11.2 Å². The Morgan fingerprint density at radius 1 is 0.957 bits per heavy atom. The van der Waals surface area contributed by atoms with Gasteiger partial charge in [0.2, 0.25) is 0 Å². The third-order valence-electron chi connectivity index (χ3n) is 5.03. The fourth-order valence-corrected chi connectivity index (χ4v) is 3.73. The van der Waals surface area contributed by atoms with E-state index in [0.29, 0.717) is 12.1 Å². The smallest absolute Gasteiger partial charge is 0.169 e. The average Bonchev–Trinajstić information content (AvgIpc) is 2.60. The van der Waals surface area contributed by atoms with Gasteiger partial charge in [-0.1, -0.05) is 61.7 Å². The molecule has 0 spiro atoms. The standard InChI is InChI=1S/C20H24FNO/c21-19-16(8-7-11-18(19)23)14-22-15-20(12-5-2-6-13-20)17-9-3-1-4-10-17/h1,3-4,7-11,22-23H,2,5-6,12-15H2. The molecular weight excluding hydrogens is 289 g/mol. The summed E-state index contributed by atoms with van der Waals surface area (Å²) < 4.78 is 13.9. The Bertz CT molecular complexity index is 635. The van der Waals surface area contributed by atoms with Crippen LogP contribution in [0.1, 0.15) is 43.2 Å². The Morgan fingerprint density at radius 3 is 2.43 bits per heavy atom. The van der Waals surface area contributed by atoms with Crippen LogP contribution in [0.4, 0.5) is 4.39 Å². The van der Waals surface area contributed by atoms with Crippen molar-refractivity contribution >= 4 is 0 Å². The Balaban J connectivity index is 1.71. The van der Waals surface area contributed by atoms with Gasteiger partial charge in [0.15, 0.2) is 11.6 Å². The summed E-state index contributed by atoms with van der Waals surface area (Å²) in [6, 6.07) is 15.5. The van der Waals surface area contributed by atoms with Crippen LogP contribution in [0, 0.1) is 5.82 Å². The van der Waals surface area contributed by atoms with Crippen molar-refractivity contribution in [2.24, 2.45) is 0 Å². The number of phenols is 1. The minimum Gasteiger partial charge on any atom is -0.505 e. The van der Waals surface area contributed by atoms with E-state index in [2.05, 4.69) is 35.6 Å². The molecule has 1 saturated carbocycles. The van der Waals surface area contributed by atoms with Crippen molar-refractivity contribution in [3.63, 3.8) is 0 Å². The van der Waals surface area contributed by atoms with Gasteiger partial charge in [0, 0.05) is 24.1 Å². The molecule has 0 atom stereocenters. The van der Waals surface area contributed by atoms with E-state index in [1.165, 1.54) is 43.7 Å². The highest BCUT2D eigenvalue weighted by atomic mass is 19.1. The van der Waals surface area contributed by atoms with Crippen molar-refractivity contribution < 1.29 is 9.50 Å². The van der Waals surface area contributed by atoms with E-state index in [1.807, 2.05) is 0 Å². The molecule has 2 aromatic rings. The molecule has 0 aliphatic heterocycles. The first kappa shape index (κ1) is 16.0. The van der Waals surface area contributed by atoms with E-state index in [1.54, 1.807) is 12.1 Å². The molecule has 2 N–H and O–H groups in total. The van der Waals surface area contributed by atoms with Crippen LogP contribution in [-0.2, 0) is 12.0 Å². The van der Waals surface area contributed by atoms with Gasteiger partial charge in [-0.05, 0) is 24.5 Å². The summed E-state index contributed by atoms with van der Waals surface area (Å²) in [6.07, 6.45) is 6.14. The van der Waals surface area contributed by atoms with Gasteiger partial charge in [0.1, 0.15) is 0 Å². The van der Waals surface area contributed by atoms with Gasteiger partial charge in [0.25, 0.3) is 0 Å². The van der Waals surface area contributed by atoms with Crippen LogP contribution in [0.2, 0.25) is 0 Å². The van der Waals surface area contributed by atoms with Gasteiger partial charge >= 0.3 is 0 Å². The molecule has 0 unspecified atom stereocenters. The maximum Gasteiger partial charge on any atom is 0.169 e. The second-order valence-electron chi connectivity index (χ2n) is 6.56. The summed E-state index contributed by atoms with van der Waals surface area (Å²) in [6.45, 7) is 1.28. The molecule has 3 heteroatoms. The lowest BCUT2D eigenvalue weighted by Crippen LogP contribution is -2.39. The van der Waals surface area contributed by atoms with Crippen LogP contribution in [0.15, 0.2) is 48.5 Å². The molecular formula is C20H24FNO. The second-order valence-corrected chi connectivity index (χ2v) is 6.56. The summed E-state index contributed by atoms with van der Waals surface area (Å²) in [7, 11) is 0. The highest BCUT2D eigenvalue weighted by molar-refractivity contribution is 5.30. The predicted molar refractivity (Wildman–Crippen MR) is 91.0 cm³/mol. The number of rotatable bonds is 5. The van der Waals surface area contributed by atoms with Crippen molar-refractivity contribution in [2.45, 2.75) is 44.1 Å². The summed E-state index contributed by atoms with van der Waals surface area (Å²) >= 11 is 0. The molecule has 1 aliphatic carbocycles. The monoisotopic (exact) mass is 313 g/mol. The quantitative estimate of drug-likeness (QED) is 0.850. The Labute approximate surface area is 137 Å². The summed E-state index contributed by atoms with van der Waals surface area (Å²) in [4.78, 5) is 0. The topological polar surface area (TPSA) is 32.3 Å². The Hall–Kier alpha value is -1.87. The van der Waals surface area contributed by atoms with E-state index in [4.69, 9.17) is 0 Å². The van der Waals surface area contributed by atoms with Crippen molar-refractivity contribution in [1.82, 2.24) is 5.32 Å². The number of aromatic hydroxyl groups is 1. The lowest BCUT2D eigenvalue weighted by molar-refractivity contribution is 0.279. The normalized spacial score (nSPS) is 17.1. The van der Waals surface area contributed by atoms with Gasteiger partial charge in [-0.3, -0.25) is 0 Å². The number of hydrogen-bond donors (Lipinski definition) is 2. The SMILES string of the molecule is Oc1cccc(CNCC2(c3ccccc3)CCCCC2)c1F. The van der Waals surface area contributed by atoms with Gasteiger partial charge < -0.3 is 10.4 Å². The minimum atomic E-state index is -0.516. The molecule has 0 radical (unpaired) electrons. The maximum atomic E-state index is 13.9. The molecule has 0 heterocycles. The lowest BCUT2D eigenvalue weighted by atomic mass is 9.69. The van der Waals surface area contributed by atoms with E-state index >= 15 is 0 Å². The zero-order valence-electron chi connectivity index (χ0n) is 13.4. The van der Waals surface area contributed by atoms with Crippen molar-refractivity contribution in [1.29, 1.82) is 0 Å². The third kappa shape index (κ3) is 3.56. The third-order valence-corrected chi connectivity index (χ3v) is 5.03. The molecule has 3 rings (SSSR count). The average molecular weight is 313 g/mol. The molecule has 0 amide bonds. The first-order valence-corrected chi connectivity index (χ1v) is 8.44. The molecule has 2 nitrogen and oxygen atoms in total. The van der Waals surface area contributed by atoms with Crippen LogP contribution >= 0.6 is 0 Å². The maximum absolute atomic E-state index is 13.9. The number of phenolic OH excluding ortho intramolecular Hbond substituents is 1. The van der Waals surface area contributed by atoms with Crippen LogP contribution in [0.25, 0.3) is 0 Å². The van der Waals surface area contributed by atoms with Crippen LogP contribution < -0.4 is 5.32 Å². The summed E-state index contributed by atoms with van der Waals surface area (Å²) in [5, 5.41) is 12.9. The van der Waals surface area contributed by atoms with Crippen LogP contribution in [0.5, 0.6) is 5.75 Å². The molecule has 122 valence electrons. The molecule has 0 bridgehead atoms. The first-order chi connectivity index (χ1) is 11.2. The first-order valence-electron chi connectivity index (χ1n) is 8.44. The van der Waals surface area contributed by atoms with Crippen molar-refractivity contribution in [3.05, 3.63) is 65.5 Å². The van der Waals surface area contributed by atoms with Gasteiger partial charge in [-0.25, -0.2) is 4.39 Å². The van der Waals surface area contributed by atoms with Gasteiger partial charge in [0.05, 0.1) is 0 Å². The predicted octanol–water partition coefficient (Wildman–Crippen LogP) is 4.52. The Morgan fingerprint density at radius 2 is 1.70 bits per heavy atom. The molecule has 2 aromatic carbocycles. The lowest BCUT2D eigenvalue weighted by Gasteiger charge is -2.38. The van der Waals surface area contributed by atoms with Crippen LogP contribution in [-0.4, -0.2) is 11.7 Å². The Kier molecular flexibility index (Phi) is 4.97. The highest BCUT2D eigenvalue weighted by Crippen LogP contribution is 2.39. The van der Waals surface area contributed by atoms with E-state index < -0.39 is 5.82 Å². The van der Waals surface area contributed by atoms with Crippen molar-refractivity contribution in [3.8, 4) is 5.75 Å². The van der Waals surface area contributed by atoms with E-state index in [0.717, 1.165) is 6.54 Å². The minimum absolute atomic E-state index is 0.146. The number of hydrogen-bond acceptors (Lipinski definition) is 2. The molecule has 1 fully saturated rings. The molecule has 1 aliphatic rings. The van der Waals surface area contributed by atoms with Gasteiger partial charge in [-0.2, -0.15) is 0 Å². The fourth-order valence-electron chi connectivity index (χ4n) is 3.73. The zero-order chi connectivity index (χ0) is 16.1. The van der Waals surface area contributed by atoms with Gasteiger partial charge in [-0.15, -0.1) is 0 Å². The molecule has 0 saturated heterocycles. The molecule has 0 aromatic heterocycles. The number of nitrogens with one attached hydrogen (secondary N) is 1. The van der Waals surface area contributed by atoms with Crippen molar-refractivity contribution in [2.75, 3.05) is 6.54 Å². The summed E-state index contributed by atoms with van der Waals surface area (Å²) in [5.74, 6) is -0.794. The van der Waals surface area contributed by atoms with E-state index in [9.17, 15) is 9.50 Å². The fraction of sp³-hybridized carbons (Fsp3) is 0.400. The summed E-state index contributed by atoms with van der Waals surface area (Å²) in [5.41, 5.74) is 2.04.